The molecule has 1 aliphatic carbocycles. The topological polar surface area (TPSA) is 125 Å². The van der Waals surface area contributed by atoms with Crippen molar-refractivity contribution in [1.82, 2.24) is 15.1 Å². The maximum atomic E-state index is 13.8. The van der Waals surface area contributed by atoms with Crippen molar-refractivity contribution in [2.45, 2.75) is 31.6 Å². The van der Waals surface area contributed by atoms with E-state index in [-0.39, 0.29) is 22.6 Å². The SMILES string of the molecule is [2H]C([2H])([2H])Oc1ccc(F)cc1C(=O)NC1CCc2cc(-c3nn(CC(F)(F)F)c(N)c3C(N)=O)ccc21. The summed E-state index contributed by atoms with van der Waals surface area (Å²) in [5.74, 6) is -3.40. The summed E-state index contributed by atoms with van der Waals surface area (Å²) in [6.07, 6.45) is -3.77. The van der Waals surface area contributed by atoms with Gasteiger partial charge in [0, 0.05) is 5.56 Å². The zero-order valence-electron chi connectivity index (χ0n) is 20.9. The molecular formula is C23H21F4N5O3. The average molecular weight is 494 g/mol. The number of aryl methyl sites for hydroxylation is 1. The number of carbonyl (C=O) groups is 2. The quantitative estimate of drug-likeness (QED) is 0.453. The lowest BCUT2D eigenvalue weighted by atomic mass is 10.0. The molecule has 0 saturated heterocycles. The molecule has 1 atom stereocenters. The third kappa shape index (κ3) is 4.77. The molecule has 0 radical (unpaired) electrons. The number of rotatable bonds is 6. The Bertz CT molecular complexity index is 1420. The Morgan fingerprint density at radius 3 is 2.74 bits per heavy atom. The van der Waals surface area contributed by atoms with Crippen molar-refractivity contribution in [3.63, 3.8) is 0 Å². The van der Waals surface area contributed by atoms with Gasteiger partial charge in [0.25, 0.3) is 11.8 Å². The van der Waals surface area contributed by atoms with E-state index in [0.717, 1.165) is 18.2 Å². The van der Waals surface area contributed by atoms with Crippen LogP contribution < -0.4 is 21.5 Å². The minimum absolute atomic E-state index is 0.110. The molecular weight excluding hydrogens is 470 g/mol. The molecule has 1 aromatic heterocycles. The largest absolute Gasteiger partial charge is 0.496 e. The average Bonchev–Trinajstić information content (AvgIpc) is 3.33. The van der Waals surface area contributed by atoms with Crippen LogP contribution in [0.4, 0.5) is 23.4 Å². The maximum Gasteiger partial charge on any atom is 0.408 e. The Balaban J connectivity index is 1.62. The summed E-state index contributed by atoms with van der Waals surface area (Å²) in [5.41, 5.74) is 12.0. The second kappa shape index (κ2) is 8.93. The van der Waals surface area contributed by atoms with Crippen LogP contribution in [0.2, 0.25) is 0 Å². The molecule has 3 aromatic rings. The molecule has 2 amide bonds. The van der Waals surface area contributed by atoms with Crippen molar-refractivity contribution >= 4 is 17.6 Å². The van der Waals surface area contributed by atoms with Gasteiger partial charge in [0.15, 0.2) is 0 Å². The van der Waals surface area contributed by atoms with Crippen LogP contribution in [0.5, 0.6) is 5.75 Å². The number of hydrogen-bond acceptors (Lipinski definition) is 5. The van der Waals surface area contributed by atoms with Gasteiger partial charge >= 0.3 is 6.18 Å². The Kier molecular flexibility index (Phi) is 5.18. The van der Waals surface area contributed by atoms with E-state index in [1.165, 1.54) is 6.07 Å². The summed E-state index contributed by atoms with van der Waals surface area (Å²) >= 11 is 0. The Hall–Kier alpha value is -4.09. The summed E-state index contributed by atoms with van der Waals surface area (Å²) in [5, 5.41) is 6.60. The number of carbonyl (C=O) groups excluding carboxylic acids is 2. The highest BCUT2D eigenvalue weighted by molar-refractivity contribution is 6.03. The second-order valence-electron chi connectivity index (χ2n) is 7.97. The van der Waals surface area contributed by atoms with Crippen molar-refractivity contribution in [2.75, 3.05) is 12.8 Å². The number of anilines is 1. The van der Waals surface area contributed by atoms with Gasteiger partial charge in [-0.1, -0.05) is 12.1 Å². The van der Waals surface area contributed by atoms with Crippen LogP contribution in [0.15, 0.2) is 36.4 Å². The van der Waals surface area contributed by atoms with Crippen molar-refractivity contribution in [1.29, 1.82) is 0 Å². The molecule has 1 aliphatic rings. The zero-order chi connectivity index (χ0) is 28.0. The number of nitrogens with one attached hydrogen (secondary N) is 1. The predicted octanol–water partition coefficient (Wildman–Crippen LogP) is 3.36. The molecule has 5 N–H and O–H groups in total. The normalized spacial score (nSPS) is 16.7. The molecule has 0 bridgehead atoms. The second-order valence-corrected chi connectivity index (χ2v) is 7.97. The number of nitrogen functional groups attached to an aromatic ring is 1. The molecule has 1 heterocycles. The molecule has 0 fully saturated rings. The van der Waals surface area contributed by atoms with Gasteiger partial charge in [-0.25, -0.2) is 9.07 Å². The zero-order valence-corrected chi connectivity index (χ0v) is 17.9. The molecule has 8 nitrogen and oxygen atoms in total. The van der Waals surface area contributed by atoms with Gasteiger partial charge in [0.1, 0.15) is 35.2 Å². The van der Waals surface area contributed by atoms with E-state index >= 15 is 0 Å². The Morgan fingerprint density at radius 2 is 2.06 bits per heavy atom. The predicted molar refractivity (Wildman–Crippen MR) is 118 cm³/mol. The minimum atomic E-state index is -4.63. The molecule has 1 unspecified atom stereocenters. The van der Waals surface area contributed by atoms with Crippen LogP contribution in [0, 0.1) is 5.82 Å². The van der Waals surface area contributed by atoms with Gasteiger partial charge in [0.2, 0.25) is 0 Å². The first-order valence-electron chi connectivity index (χ1n) is 11.8. The third-order valence-corrected chi connectivity index (χ3v) is 5.66. The molecule has 184 valence electrons. The molecule has 0 spiro atoms. The fourth-order valence-electron chi connectivity index (χ4n) is 4.13. The smallest absolute Gasteiger partial charge is 0.408 e. The van der Waals surface area contributed by atoms with E-state index in [9.17, 15) is 27.2 Å². The van der Waals surface area contributed by atoms with E-state index in [4.69, 9.17) is 20.3 Å². The summed E-state index contributed by atoms with van der Waals surface area (Å²) in [7, 11) is -2.86. The molecule has 0 aliphatic heterocycles. The van der Waals surface area contributed by atoms with Crippen molar-refractivity contribution < 1.29 is 36.0 Å². The first-order valence-corrected chi connectivity index (χ1v) is 10.3. The van der Waals surface area contributed by atoms with Crippen LogP contribution in [-0.4, -0.2) is 34.8 Å². The standard InChI is InChI=1S/C23H21F4N5O3/c1-35-17-7-4-13(24)9-15(17)22(34)30-16-6-3-11-8-12(2-5-14(11)16)19-18(21(29)33)20(28)32(31-19)10-23(25,26)27/h2,4-5,7-9,16H,3,6,10,28H2,1H3,(H2,29,33)(H,30,34)/i1D3. The van der Waals surface area contributed by atoms with Crippen LogP contribution in [-0.2, 0) is 13.0 Å². The lowest BCUT2D eigenvalue weighted by Gasteiger charge is -2.16. The fourth-order valence-corrected chi connectivity index (χ4v) is 4.13. The summed E-state index contributed by atoms with van der Waals surface area (Å²) in [6, 6.07) is 7.05. The highest BCUT2D eigenvalue weighted by Gasteiger charge is 2.33. The number of aromatic nitrogens is 2. The lowest BCUT2D eigenvalue weighted by molar-refractivity contribution is -0.142. The minimum Gasteiger partial charge on any atom is -0.496 e. The van der Waals surface area contributed by atoms with Crippen LogP contribution in [0.1, 0.15) is 48.4 Å². The highest BCUT2D eigenvalue weighted by Crippen LogP contribution is 2.36. The van der Waals surface area contributed by atoms with Gasteiger partial charge < -0.3 is 21.5 Å². The number of nitrogens with zero attached hydrogens (tertiary/aromatic N) is 2. The number of primary amides is 1. The number of fused-ring (bicyclic) bond motifs is 1. The third-order valence-electron chi connectivity index (χ3n) is 5.66. The molecule has 4 rings (SSSR count). The number of alkyl halides is 3. The number of hydrogen-bond donors (Lipinski definition) is 3. The molecule has 2 aromatic carbocycles. The molecule has 0 saturated carbocycles. The van der Waals surface area contributed by atoms with Gasteiger partial charge in [-0.15, -0.1) is 0 Å². The van der Waals surface area contributed by atoms with Crippen molar-refractivity contribution in [3.05, 3.63) is 64.5 Å². The first kappa shape index (κ1) is 20.3. The fraction of sp³-hybridized carbons (Fsp3) is 0.261. The number of methoxy groups -OCH3 is 1. The number of nitrogens with two attached hydrogens (primary N) is 2. The Labute approximate surface area is 201 Å². The maximum absolute atomic E-state index is 13.8. The van der Waals surface area contributed by atoms with Gasteiger partial charge in [-0.05, 0) is 48.2 Å². The van der Waals surface area contributed by atoms with Crippen LogP contribution in [0.3, 0.4) is 0 Å². The van der Waals surface area contributed by atoms with Crippen molar-refractivity contribution in [2.24, 2.45) is 5.73 Å². The molecule has 35 heavy (non-hydrogen) atoms. The van der Waals surface area contributed by atoms with E-state index < -0.39 is 49.3 Å². The van der Waals surface area contributed by atoms with E-state index in [1.807, 2.05) is 0 Å². The molecule has 12 heteroatoms. The number of benzene rings is 2. The van der Waals surface area contributed by atoms with Crippen LogP contribution >= 0.6 is 0 Å². The lowest BCUT2D eigenvalue weighted by Crippen LogP contribution is -2.27. The van der Waals surface area contributed by atoms with Gasteiger partial charge in [0.05, 0.1) is 22.8 Å². The number of halogens is 4. The van der Waals surface area contributed by atoms with E-state index in [0.29, 0.717) is 34.2 Å². The Morgan fingerprint density at radius 1 is 1.29 bits per heavy atom. The summed E-state index contributed by atoms with van der Waals surface area (Å²) in [6.45, 7) is -1.51. The van der Waals surface area contributed by atoms with Crippen LogP contribution in [0.25, 0.3) is 11.3 Å². The number of ether oxygens (including phenoxy) is 1. The monoisotopic (exact) mass is 494 g/mol. The van der Waals surface area contributed by atoms with E-state index in [1.54, 1.807) is 12.1 Å². The van der Waals surface area contributed by atoms with Gasteiger partial charge in [-0.2, -0.15) is 18.3 Å². The summed E-state index contributed by atoms with van der Waals surface area (Å²) < 4.78 is 79.6. The number of amides is 2. The van der Waals surface area contributed by atoms with Crippen molar-refractivity contribution in [3.8, 4) is 17.0 Å². The van der Waals surface area contributed by atoms with Gasteiger partial charge in [-0.3, -0.25) is 9.59 Å². The van der Waals surface area contributed by atoms with E-state index in [2.05, 4.69) is 10.4 Å². The summed E-state index contributed by atoms with van der Waals surface area (Å²) in [4.78, 5) is 24.9. The first-order chi connectivity index (χ1) is 17.6. The highest BCUT2D eigenvalue weighted by atomic mass is 19.4.